The monoisotopic (exact) mass is 302 g/mol. The molecule has 5 heteroatoms. The van der Waals surface area contributed by atoms with Crippen LogP contribution in [0.3, 0.4) is 0 Å². The summed E-state index contributed by atoms with van der Waals surface area (Å²) in [5, 5.41) is 5.73. The molecule has 0 aliphatic heterocycles. The molecule has 0 amide bonds. The van der Waals surface area contributed by atoms with Crippen LogP contribution >= 0.6 is 22.7 Å². The SMILES string of the molecule is Cc1csc(/C=C/C=C/C(=O)/C=C/c2nc(C)cs2)n1. The molecule has 0 bridgehead atoms. The van der Waals surface area contributed by atoms with E-state index in [0.717, 1.165) is 21.4 Å². The molecule has 0 saturated heterocycles. The summed E-state index contributed by atoms with van der Waals surface area (Å²) in [5.41, 5.74) is 1.98. The maximum Gasteiger partial charge on any atom is 0.178 e. The van der Waals surface area contributed by atoms with E-state index in [2.05, 4.69) is 9.97 Å². The zero-order chi connectivity index (χ0) is 14.4. The summed E-state index contributed by atoms with van der Waals surface area (Å²) in [5.74, 6) is -0.0576. The van der Waals surface area contributed by atoms with Gasteiger partial charge in [-0.2, -0.15) is 0 Å². The Bertz CT molecular complexity index is 678. The second-order valence-electron chi connectivity index (χ2n) is 4.11. The summed E-state index contributed by atoms with van der Waals surface area (Å²) >= 11 is 3.10. The van der Waals surface area contributed by atoms with Crippen molar-refractivity contribution in [2.75, 3.05) is 0 Å². The number of ketones is 1. The number of aryl methyl sites for hydroxylation is 2. The fourth-order valence-electron chi connectivity index (χ4n) is 1.39. The molecule has 2 aromatic heterocycles. The summed E-state index contributed by atoms with van der Waals surface area (Å²) in [6.07, 6.45) is 10.2. The van der Waals surface area contributed by atoms with Crippen molar-refractivity contribution >= 4 is 40.6 Å². The molecule has 0 spiro atoms. The van der Waals surface area contributed by atoms with E-state index in [1.165, 1.54) is 23.5 Å². The van der Waals surface area contributed by atoms with E-state index in [9.17, 15) is 4.79 Å². The Labute approximate surface area is 126 Å². The van der Waals surface area contributed by atoms with Crippen LogP contribution < -0.4 is 0 Å². The van der Waals surface area contributed by atoms with Gasteiger partial charge in [0, 0.05) is 22.1 Å². The molecule has 0 unspecified atom stereocenters. The largest absolute Gasteiger partial charge is 0.290 e. The van der Waals surface area contributed by atoms with Crippen LogP contribution in [0.4, 0.5) is 0 Å². The van der Waals surface area contributed by atoms with E-state index in [-0.39, 0.29) is 5.78 Å². The quantitative estimate of drug-likeness (QED) is 0.617. The van der Waals surface area contributed by atoms with E-state index < -0.39 is 0 Å². The lowest BCUT2D eigenvalue weighted by Gasteiger charge is -1.83. The number of aromatic nitrogens is 2. The topological polar surface area (TPSA) is 42.9 Å². The number of allylic oxidation sites excluding steroid dienone is 4. The predicted octanol–water partition coefficient (Wildman–Crippen LogP) is 4.07. The lowest BCUT2D eigenvalue weighted by atomic mass is 10.3. The highest BCUT2D eigenvalue weighted by atomic mass is 32.1. The first kappa shape index (κ1) is 14.6. The van der Waals surface area contributed by atoms with Gasteiger partial charge in [0.2, 0.25) is 0 Å². The number of carbonyl (C=O) groups excluding carboxylic acids is 1. The molecular weight excluding hydrogens is 288 g/mol. The molecule has 3 nitrogen and oxygen atoms in total. The summed E-state index contributed by atoms with van der Waals surface area (Å²) < 4.78 is 0. The molecule has 0 saturated carbocycles. The maximum atomic E-state index is 11.6. The summed E-state index contributed by atoms with van der Waals surface area (Å²) in [6.45, 7) is 3.89. The van der Waals surface area contributed by atoms with Crippen molar-refractivity contribution < 1.29 is 4.79 Å². The number of nitrogens with zero attached hydrogens (tertiary/aromatic N) is 2. The highest BCUT2D eigenvalue weighted by Crippen LogP contribution is 2.11. The highest BCUT2D eigenvalue weighted by molar-refractivity contribution is 7.10. The summed E-state index contributed by atoms with van der Waals surface area (Å²) in [7, 11) is 0. The zero-order valence-corrected chi connectivity index (χ0v) is 12.9. The Morgan fingerprint density at radius 1 is 0.950 bits per heavy atom. The predicted molar refractivity (Wildman–Crippen MR) is 85.9 cm³/mol. The molecule has 0 radical (unpaired) electrons. The zero-order valence-electron chi connectivity index (χ0n) is 11.2. The Balaban J connectivity index is 1.86. The molecule has 0 aliphatic rings. The van der Waals surface area contributed by atoms with Gasteiger partial charge in [0.1, 0.15) is 10.0 Å². The third-order valence-electron chi connectivity index (χ3n) is 2.27. The standard InChI is InChI=1S/C15H14N2OS2/c1-11-9-19-14(16-11)6-4-3-5-13(18)7-8-15-17-12(2)10-20-15/h3-10H,1-2H3/b5-3+,6-4+,8-7+. The Hall–Kier alpha value is -1.85. The summed E-state index contributed by atoms with van der Waals surface area (Å²) in [6, 6.07) is 0. The minimum Gasteiger partial charge on any atom is -0.290 e. The molecule has 2 rings (SSSR count). The minimum atomic E-state index is -0.0576. The number of carbonyl (C=O) groups is 1. The van der Waals surface area contributed by atoms with Gasteiger partial charge in [0.25, 0.3) is 0 Å². The van der Waals surface area contributed by atoms with Crippen LogP contribution in [0.5, 0.6) is 0 Å². The van der Waals surface area contributed by atoms with Crippen LogP contribution in [0.25, 0.3) is 12.2 Å². The molecule has 0 N–H and O–H groups in total. The van der Waals surface area contributed by atoms with Crippen molar-refractivity contribution in [3.05, 3.63) is 56.5 Å². The van der Waals surface area contributed by atoms with Crippen LogP contribution in [-0.2, 0) is 4.79 Å². The first-order chi connectivity index (χ1) is 9.63. The maximum absolute atomic E-state index is 11.6. The lowest BCUT2D eigenvalue weighted by molar-refractivity contribution is -0.110. The van der Waals surface area contributed by atoms with E-state index >= 15 is 0 Å². The van der Waals surface area contributed by atoms with Gasteiger partial charge in [0.15, 0.2) is 5.78 Å². The van der Waals surface area contributed by atoms with Crippen molar-refractivity contribution in [1.29, 1.82) is 0 Å². The Morgan fingerprint density at radius 2 is 1.55 bits per heavy atom. The van der Waals surface area contributed by atoms with Crippen molar-refractivity contribution in [2.24, 2.45) is 0 Å². The van der Waals surface area contributed by atoms with Gasteiger partial charge in [-0.3, -0.25) is 4.79 Å². The fraction of sp³-hybridized carbons (Fsp3) is 0.133. The number of hydrogen-bond acceptors (Lipinski definition) is 5. The van der Waals surface area contributed by atoms with Crippen molar-refractivity contribution in [2.45, 2.75) is 13.8 Å². The number of hydrogen-bond donors (Lipinski definition) is 0. The van der Waals surface area contributed by atoms with E-state index in [1.807, 2.05) is 36.8 Å². The number of thiazole rings is 2. The molecular formula is C15H14N2OS2. The van der Waals surface area contributed by atoms with Gasteiger partial charge in [-0.05, 0) is 38.2 Å². The molecule has 2 heterocycles. The second kappa shape index (κ2) is 7.07. The number of rotatable bonds is 5. The van der Waals surface area contributed by atoms with Crippen LogP contribution in [0.2, 0.25) is 0 Å². The van der Waals surface area contributed by atoms with Gasteiger partial charge in [-0.15, -0.1) is 22.7 Å². The van der Waals surface area contributed by atoms with Gasteiger partial charge < -0.3 is 0 Å². The third kappa shape index (κ3) is 4.68. The van der Waals surface area contributed by atoms with Gasteiger partial charge in [-0.1, -0.05) is 12.2 Å². The second-order valence-corrected chi connectivity index (χ2v) is 5.89. The minimum absolute atomic E-state index is 0.0576. The van der Waals surface area contributed by atoms with Crippen LogP contribution in [0, 0.1) is 13.8 Å². The van der Waals surface area contributed by atoms with Crippen LogP contribution in [-0.4, -0.2) is 15.8 Å². The summed E-state index contributed by atoms with van der Waals surface area (Å²) in [4.78, 5) is 20.1. The molecule has 0 aromatic carbocycles. The molecule has 0 aliphatic carbocycles. The Kier molecular flexibility index (Phi) is 5.15. The van der Waals surface area contributed by atoms with Gasteiger partial charge >= 0.3 is 0 Å². The van der Waals surface area contributed by atoms with Gasteiger partial charge in [-0.25, -0.2) is 9.97 Å². The first-order valence-corrected chi connectivity index (χ1v) is 7.80. The molecule has 0 atom stereocenters. The van der Waals surface area contributed by atoms with Gasteiger partial charge in [0.05, 0.1) is 0 Å². The molecule has 20 heavy (non-hydrogen) atoms. The van der Waals surface area contributed by atoms with Crippen molar-refractivity contribution in [3.63, 3.8) is 0 Å². The highest BCUT2D eigenvalue weighted by Gasteiger charge is 1.94. The van der Waals surface area contributed by atoms with E-state index in [1.54, 1.807) is 23.5 Å². The van der Waals surface area contributed by atoms with E-state index in [0.29, 0.717) is 0 Å². The van der Waals surface area contributed by atoms with E-state index in [4.69, 9.17) is 0 Å². The molecule has 0 fully saturated rings. The van der Waals surface area contributed by atoms with Crippen LogP contribution in [0.1, 0.15) is 21.4 Å². The Morgan fingerprint density at radius 3 is 2.10 bits per heavy atom. The average molecular weight is 302 g/mol. The fourth-order valence-corrected chi connectivity index (χ4v) is 2.78. The first-order valence-electron chi connectivity index (χ1n) is 6.04. The van der Waals surface area contributed by atoms with Crippen molar-refractivity contribution in [1.82, 2.24) is 9.97 Å². The third-order valence-corrected chi connectivity index (χ3v) is 4.13. The lowest BCUT2D eigenvalue weighted by Crippen LogP contribution is -1.83. The average Bonchev–Trinajstić information content (AvgIpc) is 3.01. The smallest absolute Gasteiger partial charge is 0.178 e. The van der Waals surface area contributed by atoms with Crippen LogP contribution in [0.15, 0.2) is 35.1 Å². The molecule has 102 valence electrons. The normalized spacial score (nSPS) is 12.1. The van der Waals surface area contributed by atoms with Crippen molar-refractivity contribution in [3.8, 4) is 0 Å². The molecule has 2 aromatic rings.